The number of carbonyl (C=O) groups excluding carboxylic acids is 2. The Balaban J connectivity index is 1.44. The number of nitrogens with one attached hydrogen (secondary N) is 1. The van der Waals surface area contributed by atoms with Gasteiger partial charge in [0.25, 0.3) is 5.91 Å². The summed E-state index contributed by atoms with van der Waals surface area (Å²) in [7, 11) is 0. The number of nitrogens with zero attached hydrogens (tertiary/aromatic N) is 1. The molecule has 4 rings (SSSR count). The van der Waals surface area contributed by atoms with E-state index in [1.807, 2.05) is 78.6 Å². The van der Waals surface area contributed by atoms with E-state index in [-0.39, 0.29) is 11.8 Å². The van der Waals surface area contributed by atoms with Crippen LogP contribution in [-0.2, 0) is 24.2 Å². The molecule has 0 saturated heterocycles. The smallest absolute Gasteiger partial charge is 0.258 e. The molecule has 2 amide bonds. The minimum Gasteiger partial charge on any atom is -0.352 e. The molecule has 0 bridgehead atoms. The Morgan fingerprint density at radius 1 is 0.931 bits per heavy atom. The highest BCUT2D eigenvalue weighted by Crippen LogP contribution is 2.30. The van der Waals surface area contributed by atoms with Crippen molar-refractivity contribution < 1.29 is 9.59 Å². The van der Waals surface area contributed by atoms with E-state index in [0.717, 1.165) is 28.8 Å². The van der Waals surface area contributed by atoms with Gasteiger partial charge in [-0.25, -0.2) is 0 Å². The van der Waals surface area contributed by atoms with E-state index < -0.39 is 0 Å². The van der Waals surface area contributed by atoms with Crippen molar-refractivity contribution in [3.8, 4) is 0 Å². The second-order valence-electron chi connectivity index (χ2n) is 7.48. The maximum atomic E-state index is 13.0. The van der Waals surface area contributed by atoms with E-state index in [1.54, 1.807) is 0 Å². The van der Waals surface area contributed by atoms with Crippen molar-refractivity contribution in [3.05, 3.63) is 101 Å². The molecule has 1 aliphatic heterocycles. The summed E-state index contributed by atoms with van der Waals surface area (Å²) in [4.78, 5) is 27.1. The zero-order valence-electron chi connectivity index (χ0n) is 16.5. The van der Waals surface area contributed by atoms with E-state index >= 15 is 0 Å². The first-order chi connectivity index (χ1) is 14.1. The first-order valence-corrected chi connectivity index (χ1v) is 9.91. The first kappa shape index (κ1) is 18.9. The zero-order chi connectivity index (χ0) is 20.2. The van der Waals surface area contributed by atoms with Gasteiger partial charge in [-0.15, -0.1) is 0 Å². The lowest BCUT2D eigenvalue weighted by Gasteiger charge is -2.18. The Morgan fingerprint density at radius 3 is 2.55 bits per heavy atom. The summed E-state index contributed by atoms with van der Waals surface area (Å²) >= 11 is 0. The van der Waals surface area contributed by atoms with E-state index in [4.69, 9.17) is 0 Å². The topological polar surface area (TPSA) is 49.4 Å². The van der Waals surface area contributed by atoms with Gasteiger partial charge in [0, 0.05) is 24.3 Å². The van der Waals surface area contributed by atoms with Gasteiger partial charge in [-0.05, 0) is 48.2 Å². The number of anilines is 1. The van der Waals surface area contributed by atoms with Gasteiger partial charge in [0.1, 0.15) is 0 Å². The van der Waals surface area contributed by atoms with Crippen molar-refractivity contribution in [1.29, 1.82) is 0 Å². The summed E-state index contributed by atoms with van der Waals surface area (Å²) < 4.78 is 0. The van der Waals surface area contributed by atoms with Crippen LogP contribution in [-0.4, -0.2) is 18.4 Å². The SMILES string of the molecule is Cc1cccc(C(=O)N2CCc3ccc(CNC(=O)Cc4ccccc4)cc32)c1. The standard InChI is InChI=1S/C25H24N2O2/c1-18-6-5-9-22(14-18)25(29)27-13-12-21-11-10-20(15-23(21)27)17-26-24(28)16-19-7-3-2-4-8-19/h2-11,14-15H,12-13,16-17H2,1H3,(H,26,28). The maximum Gasteiger partial charge on any atom is 0.258 e. The van der Waals surface area contributed by atoms with Gasteiger partial charge >= 0.3 is 0 Å². The number of rotatable bonds is 5. The van der Waals surface area contributed by atoms with Gasteiger partial charge in [-0.3, -0.25) is 9.59 Å². The molecule has 1 aliphatic rings. The third-order valence-corrected chi connectivity index (χ3v) is 5.25. The summed E-state index contributed by atoms with van der Waals surface area (Å²) in [6, 6.07) is 23.5. The molecule has 3 aromatic rings. The summed E-state index contributed by atoms with van der Waals surface area (Å²) in [6.45, 7) is 3.13. The fraction of sp³-hybridized carbons (Fsp3) is 0.200. The number of benzene rings is 3. The number of amides is 2. The maximum absolute atomic E-state index is 13.0. The molecule has 4 heteroatoms. The van der Waals surface area contributed by atoms with E-state index in [1.165, 1.54) is 5.56 Å². The van der Waals surface area contributed by atoms with Crippen molar-refractivity contribution in [2.24, 2.45) is 0 Å². The summed E-state index contributed by atoms with van der Waals surface area (Å²) in [5.41, 5.74) is 5.89. The average molecular weight is 384 g/mol. The quantitative estimate of drug-likeness (QED) is 0.721. The molecule has 0 fully saturated rings. The molecule has 0 atom stereocenters. The van der Waals surface area contributed by atoms with Gasteiger partial charge in [0.05, 0.1) is 6.42 Å². The second-order valence-corrected chi connectivity index (χ2v) is 7.48. The van der Waals surface area contributed by atoms with Gasteiger partial charge < -0.3 is 10.2 Å². The Bertz CT molecular complexity index is 1040. The highest BCUT2D eigenvalue weighted by molar-refractivity contribution is 6.07. The van der Waals surface area contributed by atoms with Crippen molar-refractivity contribution >= 4 is 17.5 Å². The summed E-state index contributed by atoms with van der Waals surface area (Å²) in [6.07, 6.45) is 1.22. The van der Waals surface area contributed by atoms with E-state index in [2.05, 4.69) is 11.4 Å². The largest absolute Gasteiger partial charge is 0.352 e. The fourth-order valence-corrected chi connectivity index (χ4v) is 3.72. The number of aryl methyl sites for hydroxylation is 1. The van der Waals surface area contributed by atoms with Crippen LogP contribution in [0, 0.1) is 6.92 Å². The molecule has 4 nitrogen and oxygen atoms in total. The molecule has 29 heavy (non-hydrogen) atoms. The molecule has 3 aromatic carbocycles. The minimum absolute atomic E-state index is 0.00982. The van der Waals surface area contributed by atoms with Gasteiger partial charge in [0.2, 0.25) is 5.91 Å². The molecule has 0 aromatic heterocycles. The Morgan fingerprint density at radius 2 is 1.76 bits per heavy atom. The molecule has 0 aliphatic carbocycles. The molecule has 0 spiro atoms. The Hall–Kier alpha value is -3.40. The number of fused-ring (bicyclic) bond motifs is 1. The predicted molar refractivity (Wildman–Crippen MR) is 115 cm³/mol. The third-order valence-electron chi connectivity index (χ3n) is 5.25. The lowest BCUT2D eigenvalue weighted by Crippen LogP contribution is -2.29. The highest BCUT2D eigenvalue weighted by Gasteiger charge is 2.25. The van der Waals surface area contributed by atoms with Crippen LogP contribution in [0.15, 0.2) is 72.8 Å². The molecular formula is C25H24N2O2. The molecule has 0 unspecified atom stereocenters. The number of hydrogen-bond acceptors (Lipinski definition) is 2. The first-order valence-electron chi connectivity index (χ1n) is 9.91. The molecule has 0 saturated carbocycles. The third kappa shape index (κ3) is 4.37. The predicted octanol–water partition coefficient (Wildman–Crippen LogP) is 4.06. The van der Waals surface area contributed by atoms with E-state index in [0.29, 0.717) is 25.1 Å². The molecule has 0 radical (unpaired) electrons. The lowest BCUT2D eigenvalue weighted by molar-refractivity contribution is -0.120. The monoisotopic (exact) mass is 384 g/mol. The van der Waals surface area contributed by atoms with Crippen molar-refractivity contribution in [3.63, 3.8) is 0 Å². The highest BCUT2D eigenvalue weighted by atomic mass is 16.2. The zero-order valence-corrected chi connectivity index (χ0v) is 16.5. The van der Waals surface area contributed by atoms with Gasteiger partial charge in [-0.2, -0.15) is 0 Å². The van der Waals surface area contributed by atoms with Crippen molar-refractivity contribution in [1.82, 2.24) is 5.32 Å². The van der Waals surface area contributed by atoms with Gasteiger partial charge in [0.15, 0.2) is 0 Å². The number of carbonyl (C=O) groups is 2. The number of hydrogen-bond donors (Lipinski definition) is 1. The van der Waals surface area contributed by atoms with Crippen LogP contribution < -0.4 is 10.2 Å². The second kappa shape index (κ2) is 8.31. The van der Waals surface area contributed by atoms with Crippen LogP contribution in [0.3, 0.4) is 0 Å². The molecule has 1 N–H and O–H groups in total. The normalized spacial score (nSPS) is 12.5. The van der Waals surface area contributed by atoms with E-state index in [9.17, 15) is 9.59 Å². The van der Waals surface area contributed by atoms with Gasteiger partial charge in [-0.1, -0.05) is 60.2 Å². The van der Waals surface area contributed by atoms with Crippen LogP contribution >= 0.6 is 0 Å². The molecule has 1 heterocycles. The molecule has 146 valence electrons. The van der Waals surface area contributed by atoms with Crippen LogP contribution in [0.5, 0.6) is 0 Å². The summed E-state index contributed by atoms with van der Waals surface area (Å²) in [5, 5.41) is 2.98. The summed E-state index contributed by atoms with van der Waals surface area (Å²) in [5.74, 6) is 0.0158. The lowest BCUT2D eigenvalue weighted by atomic mass is 10.1. The van der Waals surface area contributed by atoms with Crippen LogP contribution in [0.1, 0.15) is 32.6 Å². The van der Waals surface area contributed by atoms with Crippen LogP contribution in [0.25, 0.3) is 0 Å². The minimum atomic E-state index is -0.00982. The average Bonchev–Trinajstić information content (AvgIpc) is 3.16. The van der Waals surface area contributed by atoms with Crippen LogP contribution in [0.4, 0.5) is 5.69 Å². The van der Waals surface area contributed by atoms with Crippen LogP contribution in [0.2, 0.25) is 0 Å². The van der Waals surface area contributed by atoms with Crippen molar-refractivity contribution in [2.75, 3.05) is 11.4 Å². The van der Waals surface area contributed by atoms with Crippen molar-refractivity contribution in [2.45, 2.75) is 26.3 Å². The molecular weight excluding hydrogens is 360 g/mol. The fourth-order valence-electron chi connectivity index (χ4n) is 3.72. The Kier molecular flexibility index (Phi) is 5.43. The Labute approximate surface area is 171 Å².